The number of rotatable bonds is 2. The van der Waals surface area contributed by atoms with Crippen LogP contribution in [0.1, 0.15) is 16.8 Å². The molecule has 6 atom stereocenters. The molecule has 1 aromatic carbocycles. The molecular weight excluding hydrogens is 306 g/mol. The quantitative estimate of drug-likeness (QED) is 0.616. The summed E-state index contributed by atoms with van der Waals surface area (Å²) in [5, 5.41) is 0. The average Bonchev–Trinajstić information content (AvgIpc) is 3.39. The minimum atomic E-state index is -0.518. The number of nitrogens with zero attached hydrogens (tertiary/aromatic N) is 1. The third kappa shape index (κ3) is 1.62. The lowest BCUT2D eigenvalue weighted by atomic mass is 9.63. The molecule has 5 heteroatoms. The predicted molar refractivity (Wildman–Crippen MR) is 83.9 cm³/mol. The number of likely N-dealkylation sites (tertiary alicyclic amines) is 1. The Morgan fingerprint density at radius 3 is 2.04 bits per heavy atom. The number of imide groups is 3. The first kappa shape index (κ1) is 14.0. The molecule has 0 N–H and O–H groups in total. The van der Waals surface area contributed by atoms with Crippen molar-refractivity contribution in [2.24, 2.45) is 35.5 Å². The van der Waals surface area contributed by atoms with Crippen LogP contribution < -0.4 is 4.74 Å². The highest BCUT2D eigenvalue weighted by molar-refractivity contribution is 6.21. The summed E-state index contributed by atoms with van der Waals surface area (Å²) in [5.41, 5.74) is 0.335. The summed E-state index contributed by atoms with van der Waals surface area (Å²) in [6.07, 6.45) is 5.32. The molecule has 1 saturated heterocycles. The van der Waals surface area contributed by atoms with Crippen molar-refractivity contribution in [2.45, 2.75) is 6.42 Å². The van der Waals surface area contributed by atoms with Crippen molar-refractivity contribution in [2.75, 3.05) is 7.11 Å². The summed E-state index contributed by atoms with van der Waals surface area (Å²) >= 11 is 0. The van der Waals surface area contributed by atoms with E-state index in [1.165, 1.54) is 0 Å². The lowest BCUT2D eigenvalue weighted by Gasteiger charge is -2.37. The van der Waals surface area contributed by atoms with Gasteiger partial charge < -0.3 is 4.74 Å². The third-order valence-electron chi connectivity index (χ3n) is 6.20. The van der Waals surface area contributed by atoms with Crippen LogP contribution in [0, 0.1) is 35.5 Å². The van der Waals surface area contributed by atoms with Gasteiger partial charge in [-0.3, -0.25) is 14.4 Å². The van der Waals surface area contributed by atoms with Crippen molar-refractivity contribution < 1.29 is 19.1 Å². The van der Waals surface area contributed by atoms with Crippen LogP contribution in [0.4, 0.5) is 0 Å². The van der Waals surface area contributed by atoms with E-state index in [1.54, 1.807) is 31.4 Å². The van der Waals surface area contributed by atoms with Gasteiger partial charge in [0.15, 0.2) is 0 Å². The smallest absolute Gasteiger partial charge is 0.267 e. The molecule has 2 bridgehead atoms. The van der Waals surface area contributed by atoms with E-state index in [4.69, 9.17) is 4.74 Å². The Labute approximate surface area is 139 Å². The SMILES string of the molecule is COc1ccc(C(=O)N2C(=O)[C@@H]3[C@H]4C=C[C@@H]([C@@H]5C[C@H]45)[C@@H]3C2=O)cc1. The van der Waals surface area contributed by atoms with Gasteiger partial charge in [-0.05, 0) is 54.4 Å². The number of carbonyl (C=O) groups is 3. The van der Waals surface area contributed by atoms with E-state index < -0.39 is 5.91 Å². The summed E-state index contributed by atoms with van der Waals surface area (Å²) in [7, 11) is 1.54. The molecule has 24 heavy (non-hydrogen) atoms. The van der Waals surface area contributed by atoms with Crippen LogP contribution in [-0.4, -0.2) is 29.7 Å². The fraction of sp³-hybridized carbons (Fsp3) is 0.421. The Kier molecular flexibility index (Phi) is 2.65. The maximum absolute atomic E-state index is 12.9. The molecule has 0 radical (unpaired) electrons. The highest BCUT2D eigenvalue weighted by Crippen LogP contribution is 2.65. The van der Waals surface area contributed by atoms with E-state index in [0.29, 0.717) is 23.1 Å². The fourth-order valence-electron chi connectivity index (χ4n) is 5.02. The highest BCUT2D eigenvalue weighted by Gasteiger charge is 2.67. The van der Waals surface area contributed by atoms with E-state index in [1.807, 2.05) is 0 Å². The van der Waals surface area contributed by atoms with Crippen molar-refractivity contribution in [3.63, 3.8) is 0 Å². The Morgan fingerprint density at radius 2 is 1.54 bits per heavy atom. The molecule has 5 aliphatic rings. The first-order valence-electron chi connectivity index (χ1n) is 8.36. The number of allylic oxidation sites excluding steroid dienone is 2. The van der Waals surface area contributed by atoms with Crippen LogP contribution in [0.5, 0.6) is 5.75 Å². The molecule has 3 fully saturated rings. The number of carbonyl (C=O) groups excluding carboxylic acids is 3. The first-order valence-corrected chi connectivity index (χ1v) is 8.36. The maximum atomic E-state index is 12.9. The summed E-state index contributed by atoms with van der Waals surface area (Å²) in [6.45, 7) is 0. The molecule has 1 heterocycles. The van der Waals surface area contributed by atoms with Gasteiger partial charge >= 0.3 is 0 Å². The standard InChI is InChI=1S/C19H17NO4/c1-24-10-4-2-9(3-5-10)17(21)20-18(22)15-11-6-7-12(14-8-13(11)14)16(15)19(20)23/h2-7,11-16H,8H2,1H3/t11-,12-,13-,14+,15-,16+/m0/s1. The third-order valence-corrected chi connectivity index (χ3v) is 6.20. The molecule has 1 aromatic rings. The van der Waals surface area contributed by atoms with Gasteiger partial charge in [0.25, 0.3) is 5.91 Å². The Balaban J connectivity index is 1.48. The predicted octanol–water partition coefficient (Wildman–Crippen LogP) is 1.89. The normalized spacial score (nSPS) is 38.1. The number of benzene rings is 1. The van der Waals surface area contributed by atoms with Gasteiger partial charge in [-0.1, -0.05) is 12.2 Å². The lowest BCUT2D eigenvalue weighted by Crippen LogP contribution is -2.40. The molecule has 5 nitrogen and oxygen atoms in total. The van der Waals surface area contributed by atoms with Crippen LogP contribution in [0.15, 0.2) is 36.4 Å². The molecule has 0 aromatic heterocycles. The Bertz CT molecular complexity index is 760. The zero-order valence-corrected chi connectivity index (χ0v) is 13.2. The molecule has 122 valence electrons. The van der Waals surface area contributed by atoms with Crippen molar-refractivity contribution in [3.8, 4) is 5.75 Å². The van der Waals surface area contributed by atoms with E-state index in [-0.39, 0.29) is 35.5 Å². The van der Waals surface area contributed by atoms with Gasteiger partial charge in [-0.2, -0.15) is 0 Å². The van der Waals surface area contributed by atoms with E-state index in [0.717, 1.165) is 11.3 Å². The Morgan fingerprint density at radius 1 is 1.00 bits per heavy atom. The van der Waals surface area contributed by atoms with Gasteiger partial charge in [0.2, 0.25) is 11.8 Å². The number of methoxy groups -OCH3 is 1. The van der Waals surface area contributed by atoms with Gasteiger partial charge in [-0.15, -0.1) is 0 Å². The second-order valence-electron chi connectivity index (χ2n) is 7.20. The van der Waals surface area contributed by atoms with Crippen LogP contribution in [0.25, 0.3) is 0 Å². The van der Waals surface area contributed by atoms with Crippen molar-refractivity contribution in [1.29, 1.82) is 0 Å². The molecule has 0 spiro atoms. The second kappa shape index (κ2) is 4.56. The maximum Gasteiger partial charge on any atom is 0.267 e. The summed E-state index contributed by atoms with van der Waals surface area (Å²) in [6, 6.07) is 6.50. The zero-order valence-electron chi connectivity index (χ0n) is 13.2. The molecule has 4 aliphatic carbocycles. The van der Waals surface area contributed by atoms with Gasteiger partial charge in [0, 0.05) is 5.56 Å². The molecule has 6 rings (SSSR count). The number of amides is 3. The zero-order chi connectivity index (χ0) is 16.6. The van der Waals surface area contributed by atoms with Gasteiger partial charge in [-0.25, -0.2) is 4.90 Å². The van der Waals surface area contributed by atoms with E-state index in [9.17, 15) is 14.4 Å². The van der Waals surface area contributed by atoms with Crippen LogP contribution in [-0.2, 0) is 9.59 Å². The van der Waals surface area contributed by atoms with Gasteiger partial charge in [0.05, 0.1) is 18.9 Å². The first-order chi connectivity index (χ1) is 11.6. The highest BCUT2D eigenvalue weighted by atomic mass is 16.5. The van der Waals surface area contributed by atoms with Crippen LogP contribution >= 0.6 is 0 Å². The van der Waals surface area contributed by atoms with E-state index in [2.05, 4.69) is 12.2 Å². The molecule has 1 aliphatic heterocycles. The van der Waals surface area contributed by atoms with Crippen molar-refractivity contribution >= 4 is 17.7 Å². The summed E-state index contributed by atoms with van der Waals surface area (Å²) < 4.78 is 5.08. The average molecular weight is 323 g/mol. The largest absolute Gasteiger partial charge is 0.497 e. The van der Waals surface area contributed by atoms with Gasteiger partial charge in [0.1, 0.15) is 5.75 Å². The monoisotopic (exact) mass is 323 g/mol. The number of hydrogen-bond donors (Lipinski definition) is 0. The summed E-state index contributed by atoms with van der Waals surface area (Å²) in [5.74, 6) is 0.160. The van der Waals surface area contributed by atoms with Crippen LogP contribution in [0.2, 0.25) is 0 Å². The van der Waals surface area contributed by atoms with Crippen molar-refractivity contribution in [3.05, 3.63) is 42.0 Å². The molecule has 2 saturated carbocycles. The fourth-order valence-corrected chi connectivity index (χ4v) is 5.02. The second-order valence-corrected chi connectivity index (χ2v) is 7.20. The minimum Gasteiger partial charge on any atom is -0.497 e. The van der Waals surface area contributed by atoms with Crippen LogP contribution in [0.3, 0.4) is 0 Å². The van der Waals surface area contributed by atoms with E-state index >= 15 is 0 Å². The lowest BCUT2D eigenvalue weighted by molar-refractivity contribution is -0.136. The Hall–Kier alpha value is -2.43. The van der Waals surface area contributed by atoms with Crippen molar-refractivity contribution in [1.82, 2.24) is 4.90 Å². The molecular formula is C19H17NO4. The number of hydrogen-bond acceptors (Lipinski definition) is 4. The molecule has 0 unspecified atom stereocenters. The minimum absolute atomic E-state index is 0.134. The molecule has 3 amide bonds. The number of ether oxygens (including phenoxy) is 1. The summed E-state index contributed by atoms with van der Waals surface area (Å²) in [4.78, 5) is 39.4. The topological polar surface area (TPSA) is 63.7 Å².